The molecule has 2 heterocycles. The van der Waals surface area contributed by atoms with Crippen LogP contribution in [0, 0.1) is 5.41 Å². The smallest absolute Gasteiger partial charge is 0.247 e. The summed E-state index contributed by atoms with van der Waals surface area (Å²) in [5.41, 5.74) is -0.870. The number of sulfonamides is 2. The van der Waals surface area contributed by atoms with Crippen molar-refractivity contribution in [2.24, 2.45) is 5.41 Å². The summed E-state index contributed by atoms with van der Waals surface area (Å²) in [7, 11) is -7.50. The second-order valence-electron chi connectivity index (χ2n) is 7.19. The zero-order valence-corrected chi connectivity index (χ0v) is 16.3. The van der Waals surface area contributed by atoms with E-state index in [0.717, 1.165) is 17.1 Å². The summed E-state index contributed by atoms with van der Waals surface area (Å²) in [5.74, 6) is -0.799. The topological polar surface area (TPSA) is 110 Å². The maximum Gasteiger partial charge on any atom is 0.247 e. The number of nitrogens with zero attached hydrogens (tertiary/aromatic N) is 1. The van der Waals surface area contributed by atoms with Crippen LogP contribution in [0.4, 0.5) is 5.69 Å². The van der Waals surface area contributed by atoms with E-state index in [4.69, 9.17) is 4.74 Å². The third-order valence-electron chi connectivity index (χ3n) is 4.49. The first-order valence-electron chi connectivity index (χ1n) is 8.32. The van der Waals surface area contributed by atoms with Crippen LogP contribution in [0.5, 0.6) is 0 Å². The molecule has 144 valence electrons. The van der Waals surface area contributed by atoms with Crippen LogP contribution in [0.25, 0.3) is 0 Å². The van der Waals surface area contributed by atoms with E-state index in [9.17, 15) is 21.6 Å². The fraction of sp³-hybridized carbons (Fsp3) is 0.562. The van der Waals surface area contributed by atoms with Gasteiger partial charge in [0, 0.05) is 13.2 Å². The molecule has 2 aliphatic heterocycles. The summed E-state index contributed by atoms with van der Waals surface area (Å²) in [4.78, 5) is 12.4. The van der Waals surface area contributed by atoms with Crippen molar-refractivity contribution in [3.63, 3.8) is 0 Å². The number of hydrogen-bond acceptors (Lipinski definition) is 6. The number of rotatable bonds is 5. The highest BCUT2D eigenvalue weighted by Gasteiger charge is 2.49. The summed E-state index contributed by atoms with van der Waals surface area (Å²) in [6, 6.07) is 5.25. The Morgan fingerprint density at radius 3 is 2.42 bits per heavy atom. The van der Waals surface area contributed by atoms with E-state index in [1.165, 1.54) is 24.3 Å². The lowest BCUT2D eigenvalue weighted by atomic mass is 9.95. The van der Waals surface area contributed by atoms with Crippen LogP contribution in [0.1, 0.15) is 26.7 Å². The number of nitrogens with one attached hydrogen (secondary N) is 1. The number of hydrogen-bond donors (Lipinski definition) is 1. The molecule has 3 rings (SSSR count). The summed E-state index contributed by atoms with van der Waals surface area (Å²) >= 11 is 0. The third-order valence-corrected chi connectivity index (χ3v) is 7.95. The second kappa shape index (κ2) is 6.59. The van der Waals surface area contributed by atoms with Crippen LogP contribution in [-0.4, -0.2) is 47.8 Å². The van der Waals surface area contributed by atoms with E-state index in [1.54, 1.807) is 13.8 Å². The number of anilines is 1. The Morgan fingerprint density at radius 1 is 1.27 bits per heavy atom. The lowest BCUT2D eigenvalue weighted by Gasteiger charge is -2.18. The molecule has 0 saturated carbocycles. The van der Waals surface area contributed by atoms with Gasteiger partial charge in [-0.25, -0.2) is 25.9 Å². The molecule has 1 atom stereocenters. The van der Waals surface area contributed by atoms with E-state index in [2.05, 4.69) is 4.72 Å². The highest BCUT2D eigenvalue weighted by molar-refractivity contribution is 7.94. The maximum absolute atomic E-state index is 12.4. The molecule has 2 fully saturated rings. The number of carbonyl (C=O) groups is 1. The van der Waals surface area contributed by atoms with Gasteiger partial charge >= 0.3 is 0 Å². The molecule has 1 N–H and O–H groups in total. The molecule has 0 bridgehead atoms. The molecule has 0 radical (unpaired) electrons. The number of carbonyl (C=O) groups excluding carboxylic acids is 1. The minimum absolute atomic E-state index is 0.00236. The van der Waals surface area contributed by atoms with Gasteiger partial charge in [-0.2, -0.15) is 0 Å². The Hall–Kier alpha value is -1.49. The van der Waals surface area contributed by atoms with Crippen molar-refractivity contribution in [2.75, 3.05) is 23.2 Å². The van der Waals surface area contributed by atoms with Gasteiger partial charge in [0.1, 0.15) is 0 Å². The Labute approximate surface area is 153 Å². The number of benzene rings is 1. The van der Waals surface area contributed by atoms with Crippen LogP contribution in [-0.2, 0) is 29.6 Å². The van der Waals surface area contributed by atoms with Gasteiger partial charge in [0.05, 0.1) is 27.9 Å². The predicted molar refractivity (Wildman–Crippen MR) is 95.7 cm³/mol. The summed E-state index contributed by atoms with van der Waals surface area (Å²) in [5, 5.41) is 0. The molecule has 10 heteroatoms. The molecule has 26 heavy (non-hydrogen) atoms. The molecule has 1 amide bonds. The fourth-order valence-corrected chi connectivity index (χ4v) is 6.29. The molecule has 8 nitrogen and oxygen atoms in total. The van der Waals surface area contributed by atoms with Crippen LogP contribution in [0.2, 0.25) is 0 Å². The van der Waals surface area contributed by atoms with Gasteiger partial charge in [-0.1, -0.05) is 0 Å². The van der Waals surface area contributed by atoms with Gasteiger partial charge in [-0.15, -0.1) is 0 Å². The highest BCUT2D eigenvalue weighted by Crippen LogP contribution is 2.35. The standard InChI is InChI=1S/C16H22N2O6S2/c1-16(2)11-25(20,21)18(15(16)19)12-5-7-14(8-6-12)26(22,23)17-10-13-4-3-9-24-13/h5-8,13,17H,3-4,9-11H2,1-2H3/t13-/m1/s1. The molecule has 1 aromatic carbocycles. The van der Waals surface area contributed by atoms with Crippen molar-refractivity contribution in [1.29, 1.82) is 0 Å². The van der Waals surface area contributed by atoms with E-state index in [0.29, 0.717) is 6.61 Å². The van der Waals surface area contributed by atoms with Gasteiger partial charge in [-0.05, 0) is 51.0 Å². The lowest BCUT2D eigenvalue weighted by molar-refractivity contribution is -0.123. The molecule has 0 spiro atoms. The van der Waals surface area contributed by atoms with E-state index in [1.807, 2.05) is 0 Å². The minimum atomic E-state index is -3.76. The zero-order valence-electron chi connectivity index (χ0n) is 14.6. The molecule has 0 aliphatic carbocycles. The van der Waals surface area contributed by atoms with E-state index < -0.39 is 31.4 Å². The normalized spacial score (nSPS) is 24.9. The Balaban J connectivity index is 1.79. The van der Waals surface area contributed by atoms with Crippen LogP contribution in [0.15, 0.2) is 29.2 Å². The molecule has 0 aromatic heterocycles. The predicted octanol–water partition coefficient (Wildman–Crippen LogP) is 0.846. The quantitative estimate of drug-likeness (QED) is 0.782. The van der Waals surface area contributed by atoms with Crippen molar-refractivity contribution >= 4 is 31.6 Å². The van der Waals surface area contributed by atoms with Crippen molar-refractivity contribution < 1.29 is 26.4 Å². The summed E-state index contributed by atoms with van der Waals surface area (Å²) in [6.07, 6.45) is 1.60. The largest absolute Gasteiger partial charge is 0.377 e. The average Bonchev–Trinajstić information content (AvgIpc) is 3.10. The van der Waals surface area contributed by atoms with Gasteiger partial charge in [0.15, 0.2) is 0 Å². The van der Waals surface area contributed by atoms with Crippen molar-refractivity contribution in [2.45, 2.75) is 37.7 Å². The summed E-state index contributed by atoms with van der Waals surface area (Å²) in [6.45, 7) is 3.97. The van der Waals surface area contributed by atoms with Gasteiger partial charge < -0.3 is 4.74 Å². The number of amides is 1. The van der Waals surface area contributed by atoms with Gasteiger partial charge in [-0.3, -0.25) is 4.79 Å². The van der Waals surface area contributed by atoms with Crippen LogP contribution >= 0.6 is 0 Å². The first-order valence-corrected chi connectivity index (χ1v) is 11.4. The monoisotopic (exact) mass is 402 g/mol. The lowest BCUT2D eigenvalue weighted by Crippen LogP contribution is -2.33. The van der Waals surface area contributed by atoms with E-state index in [-0.39, 0.29) is 29.0 Å². The molecule has 1 aromatic rings. The SMILES string of the molecule is CC1(C)CS(=O)(=O)N(c2ccc(S(=O)(=O)NC[C@H]3CCCO3)cc2)C1=O. The van der Waals surface area contributed by atoms with Gasteiger partial charge in [0.2, 0.25) is 26.0 Å². The van der Waals surface area contributed by atoms with E-state index >= 15 is 0 Å². The zero-order chi connectivity index (χ0) is 19.2. The van der Waals surface area contributed by atoms with Crippen molar-refractivity contribution in [3.05, 3.63) is 24.3 Å². The first-order chi connectivity index (χ1) is 12.0. The van der Waals surface area contributed by atoms with Gasteiger partial charge in [0.25, 0.3) is 0 Å². The Morgan fingerprint density at radius 2 is 1.92 bits per heavy atom. The number of ether oxygens (including phenoxy) is 1. The Bertz CT molecular complexity index is 901. The van der Waals surface area contributed by atoms with Crippen LogP contribution < -0.4 is 9.03 Å². The first kappa shape index (κ1) is 19.3. The average molecular weight is 402 g/mol. The molecular formula is C16H22N2O6S2. The fourth-order valence-electron chi connectivity index (χ4n) is 3.11. The summed E-state index contributed by atoms with van der Waals surface area (Å²) < 4.78 is 57.9. The van der Waals surface area contributed by atoms with Crippen molar-refractivity contribution in [3.8, 4) is 0 Å². The van der Waals surface area contributed by atoms with Crippen molar-refractivity contribution in [1.82, 2.24) is 4.72 Å². The second-order valence-corrected chi connectivity index (χ2v) is 10.8. The highest BCUT2D eigenvalue weighted by atomic mass is 32.2. The van der Waals surface area contributed by atoms with Crippen LogP contribution in [0.3, 0.4) is 0 Å². The molecule has 2 aliphatic rings. The molecule has 2 saturated heterocycles. The molecular weight excluding hydrogens is 380 g/mol. The minimum Gasteiger partial charge on any atom is -0.377 e. The Kier molecular flexibility index (Phi) is 4.89. The third kappa shape index (κ3) is 3.64. The molecule has 0 unspecified atom stereocenters. The maximum atomic E-state index is 12.4.